The molecule has 3 rings (SSSR count). The SMILES string of the molecule is CCC(=C(c1ccccc1)c1ccc(OCCN(CC)CC)cc1)C1CCCC1. The molecule has 0 bridgehead atoms. The zero-order valence-corrected chi connectivity index (χ0v) is 18.5. The van der Waals surface area contributed by atoms with Crippen molar-refractivity contribution < 1.29 is 4.74 Å². The standard InChI is InChI=1S/C27H37NO/c1-4-26(22-12-10-11-13-22)27(23-14-8-7-9-15-23)24-16-18-25(19-17-24)29-21-20-28(5-2)6-3/h7-9,14-19,22H,4-6,10-13,20-21H2,1-3H3. The van der Waals surface area contributed by atoms with Crippen LogP contribution in [0.2, 0.25) is 0 Å². The first-order valence-corrected chi connectivity index (χ1v) is 11.5. The van der Waals surface area contributed by atoms with Crippen LogP contribution in [0.25, 0.3) is 5.57 Å². The molecular weight excluding hydrogens is 354 g/mol. The van der Waals surface area contributed by atoms with Crippen molar-refractivity contribution in [3.05, 3.63) is 71.3 Å². The highest BCUT2D eigenvalue weighted by Crippen LogP contribution is 2.39. The number of rotatable bonds is 10. The molecule has 0 saturated heterocycles. The quantitative estimate of drug-likeness (QED) is 0.441. The number of allylic oxidation sites excluding steroid dienone is 1. The van der Waals surface area contributed by atoms with Crippen molar-refractivity contribution >= 4 is 5.57 Å². The van der Waals surface area contributed by atoms with Crippen LogP contribution in [0, 0.1) is 5.92 Å². The molecule has 1 aliphatic rings. The second-order valence-corrected chi connectivity index (χ2v) is 8.00. The van der Waals surface area contributed by atoms with Crippen LogP contribution in [0.5, 0.6) is 5.75 Å². The van der Waals surface area contributed by atoms with Crippen LogP contribution in [-0.4, -0.2) is 31.1 Å². The number of hydrogen-bond donors (Lipinski definition) is 0. The van der Waals surface area contributed by atoms with Gasteiger partial charge in [-0.05, 0) is 67.1 Å². The average molecular weight is 392 g/mol. The highest BCUT2D eigenvalue weighted by Gasteiger charge is 2.22. The van der Waals surface area contributed by atoms with Gasteiger partial charge in [0.1, 0.15) is 12.4 Å². The van der Waals surface area contributed by atoms with Crippen molar-refractivity contribution in [3.8, 4) is 5.75 Å². The third-order valence-electron chi connectivity index (χ3n) is 6.33. The lowest BCUT2D eigenvalue weighted by Gasteiger charge is -2.21. The first kappa shape index (κ1) is 21.6. The third kappa shape index (κ3) is 5.73. The first-order chi connectivity index (χ1) is 14.3. The van der Waals surface area contributed by atoms with E-state index in [1.54, 1.807) is 5.57 Å². The maximum atomic E-state index is 6.01. The average Bonchev–Trinajstić information content (AvgIpc) is 3.31. The van der Waals surface area contributed by atoms with Crippen molar-refractivity contribution in [1.82, 2.24) is 4.90 Å². The Kier molecular flexibility index (Phi) is 8.37. The molecule has 0 aliphatic heterocycles. The van der Waals surface area contributed by atoms with Crippen LogP contribution < -0.4 is 4.74 Å². The second kappa shape index (κ2) is 11.2. The first-order valence-electron chi connectivity index (χ1n) is 11.5. The molecule has 0 atom stereocenters. The lowest BCUT2D eigenvalue weighted by atomic mass is 9.84. The molecule has 2 aromatic rings. The lowest BCUT2D eigenvalue weighted by molar-refractivity contribution is 0.223. The van der Waals surface area contributed by atoms with Gasteiger partial charge in [-0.1, -0.05) is 81.7 Å². The third-order valence-corrected chi connectivity index (χ3v) is 6.33. The molecule has 1 fully saturated rings. The molecule has 0 unspecified atom stereocenters. The van der Waals surface area contributed by atoms with E-state index in [0.717, 1.165) is 44.3 Å². The fourth-order valence-corrected chi connectivity index (χ4v) is 4.64. The van der Waals surface area contributed by atoms with E-state index >= 15 is 0 Å². The predicted molar refractivity (Wildman–Crippen MR) is 124 cm³/mol. The Bertz CT molecular complexity index is 753. The van der Waals surface area contributed by atoms with Crippen LogP contribution in [0.15, 0.2) is 60.2 Å². The fourth-order valence-electron chi connectivity index (χ4n) is 4.64. The summed E-state index contributed by atoms with van der Waals surface area (Å²) in [5.74, 6) is 1.70. The highest BCUT2D eigenvalue weighted by atomic mass is 16.5. The van der Waals surface area contributed by atoms with Gasteiger partial charge in [-0.15, -0.1) is 0 Å². The van der Waals surface area contributed by atoms with Crippen LogP contribution >= 0.6 is 0 Å². The van der Waals surface area contributed by atoms with Gasteiger partial charge < -0.3 is 9.64 Å². The maximum absolute atomic E-state index is 6.01. The van der Waals surface area contributed by atoms with Gasteiger partial charge in [0, 0.05) is 6.54 Å². The number of nitrogens with zero attached hydrogens (tertiary/aromatic N) is 1. The van der Waals surface area contributed by atoms with Gasteiger partial charge in [-0.2, -0.15) is 0 Å². The molecule has 0 N–H and O–H groups in total. The van der Waals surface area contributed by atoms with Crippen molar-refractivity contribution in [2.45, 2.75) is 52.9 Å². The normalized spacial score (nSPS) is 15.6. The predicted octanol–water partition coefficient (Wildman–Crippen LogP) is 6.81. The highest BCUT2D eigenvalue weighted by molar-refractivity contribution is 5.82. The van der Waals surface area contributed by atoms with Crippen LogP contribution in [-0.2, 0) is 0 Å². The molecule has 0 heterocycles. The smallest absolute Gasteiger partial charge is 0.119 e. The van der Waals surface area contributed by atoms with Crippen molar-refractivity contribution in [3.63, 3.8) is 0 Å². The molecule has 2 aromatic carbocycles. The van der Waals surface area contributed by atoms with Crippen molar-refractivity contribution in [2.24, 2.45) is 5.92 Å². The van der Waals surface area contributed by atoms with Crippen molar-refractivity contribution in [2.75, 3.05) is 26.2 Å². The maximum Gasteiger partial charge on any atom is 0.119 e. The van der Waals surface area contributed by atoms with E-state index < -0.39 is 0 Å². The van der Waals surface area contributed by atoms with Gasteiger partial charge in [0.05, 0.1) is 0 Å². The zero-order valence-electron chi connectivity index (χ0n) is 18.5. The van der Waals surface area contributed by atoms with Gasteiger partial charge >= 0.3 is 0 Å². The van der Waals surface area contributed by atoms with Gasteiger partial charge in [-0.25, -0.2) is 0 Å². The van der Waals surface area contributed by atoms with Gasteiger partial charge in [0.15, 0.2) is 0 Å². The van der Waals surface area contributed by atoms with E-state index in [1.807, 2.05) is 0 Å². The Morgan fingerprint density at radius 3 is 2.07 bits per heavy atom. The molecule has 0 spiro atoms. The minimum absolute atomic E-state index is 0.736. The second-order valence-electron chi connectivity index (χ2n) is 8.00. The Labute approximate surface area is 177 Å². The van der Waals surface area contributed by atoms with E-state index in [-0.39, 0.29) is 0 Å². The van der Waals surface area contributed by atoms with Gasteiger partial charge in [0.25, 0.3) is 0 Å². The Morgan fingerprint density at radius 2 is 1.48 bits per heavy atom. The summed E-state index contributed by atoms with van der Waals surface area (Å²) in [5, 5.41) is 0. The molecule has 29 heavy (non-hydrogen) atoms. The van der Waals surface area contributed by atoms with E-state index in [0.29, 0.717) is 0 Å². The molecule has 1 saturated carbocycles. The number of hydrogen-bond acceptors (Lipinski definition) is 2. The molecule has 2 heteroatoms. The summed E-state index contributed by atoms with van der Waals surface area (Å²) in [6.45, 7) is 10.6. The fraction of sp³-hybridized carbons (Fsp3) is 0.481. The molecule has 0 radical (unpaired) electrons. The van der Waals surface area contributed by atoms with E-state index in [1.165, 1.54) is 42.4 Å². The molecule has 0 amide bonds. The Balaban J connectivity index is 1.83. The molecule has 156 valence electrons. The number of likely N-dealkylation sites (N-methyl/N-ethyl adjacent to an activating group) is 1. The summed E-state index contributed by atoms with van der Waals surface area (Å²) >= 11 is 0. The number of ether oxygens (including phenoxy) is 1. The monoisotopic (exact) mass is 391 g/mol. The molecule has 2 nitrogen and oxygen atoms in total. The summed E-state index contributed by atoms with van der Waals surface area (Å²) in [6, 6.07) is 19.7. The summed E-state index contributed by atoms with van der Waals surface area (Å²) in [4.78, 5) is 2.39. The Morgan fingerprint density at radius 1 is 0.862 bits per heavy atom. The summed E-state index contributed by atoms with van der Waals surface area (Å²) in [6.07, 6.45) is 6.54. The van der Waals surface area contributed by atoms with Crippen LogP contribution in [0.4, 0.5) is 0 Å². The van der Waals surface area contributed by atoms with E-state index in [4.69, 9.17) is 4.74 Å². The minimum atomic E-state index is 0.736. The van der Waals surface area contributed by atoms with Crippen LogP contribution in [0.3, 0.4) is 0 Å². The van der Waals surface area contributed by atoms with E-state index in [9.17, 15) is 0 Å². The molecule has 0 aromatic heterocycles. The van der Waals surface area contributed by atoms with Gasteiger partial charge in [0.2, 0.25) is 0 Å². The largest absolute Gasteiger partial charge is 0.492 e. The lowest BCUT2D eigenvalue weighted by Crippen LogP contribution is -2.27. The summed E-state index contributed by atoms with van der Waals surface area (Å²) < 4.78 is 6.01. The topological polar surface area (TPSA) is 12.5 Å². The van der Waals surface area contributed by atoms with Crippen molar-refractivity contribution in [1.29, 1.82) is 0 Å². The van der Waals surface area contributed by atoms with Crippen LogP contribution in [0.1, 0.15) is 64.0 Å². The molecular formula is C27H37NO. The Hall–Kier alpha value is -2.06. The van der Waals surface area contributed by atoms with E-state index in [2.05, 4.69) is 80.3 Å². The summed E-state index contributed by atoms with van der Waals surface area (Å²) in [5.41, 5.74) is 5.72. The van der Waals surface area contributed by atoms with Gasteiger partial charge in [-0.3, -0.25) is 0 Å². The number of benzene rings is 2. The zero-order chi connectivity index (χ0) is 20.5. The minimum Gasteiger partial charge on any atom is -0.492 e. The molecule has 1 aliphatic carbocycles. The summed E-state index contributed by atoms with van der Waals surface area (Å²) in [7, 11) is 0.